The van der Waals surface area contributed by atoms with Crippen molar-refractivity contribution in [2.24, 2.45) is 29.1 Å². The summed E-state index contributed by atoms with van der Waals surface area (Å²) in [7, 11) is 1.63. The second-order valence-corrected chi connectivity index (χ2v) is 10.2. The Hall–Kier alpha value is -2.28. The molecule has 33 heavy (non-hydrogen) atoms. The fourth-order valence-corrected chi connectivity index (χ4v) is 6.17. The largest absolute Gasteiger partial charge is 0.497 e. The van der Waals surface area contributed by atoms with Crippen molar-refractivity contribution in [1.29, 1.82) is 0 Å². The van der Waals surface area contributed by atoms with Crippen LogP contribution < -0.4 is 20.7 Å². The maximum atomic E-state index is 13.0. The van der Waals surface area contributed by atoms with Crippen LogP contribution in [0.15, 0.2) is 24.3 Å². The summed E-state index contributed by atoms with van der Waals surface area (Å²) in [5.74, 6) is 0.566. The van der Waals surface area contributed by atoms with E-state index in [1.54, 1.807) is 7.11 Å². The highest BCUT2D eigenvalue weighted by Gasteiger charge is 2.53. The fraction of sp³-hybridized carbons (Fsp3) is 0.692. The van der Waals surface area contributed by atoms with Crippen LogP contribution in [-0.4, -0.2) is 42.8 Å². The van der Waals surface area contributed by atoms with Crippen molar-refractivity contribution in [3.05, 3.63) is 29.8 Å². The first-order valence-corrected chi connectivity index (χ1v) is 12.3. The van der Waals surface area contributed by atoms with Gasteiger partial charge in [-0.3, -0.25) is 4.79 Å². The molecule has 2 fully saturated rings. The summed E-state index contributed by atoms with van der Waals surface area (Å²) in [5, 5.41) is 20.4. The van der Waals surface area contributed by atoms with Crippen molar-refractivity contribution in [2.45, 2.75) is 72.1 Å². The molecule has 0 bridgehead atoms. The first-order chi connectivity index (χ1) is 15.7. The molecular weight excluding hydrogens is 418 g/mol. The number of fused-ring (bicyclic) bond motifs is 1. The van der Waals surface area contributed by atoms with Gasteiger partial charge >= 0.3 is 6.03 Å². The number of aliphatic hydroxyl groups is 1. The molecule has 7 atom stereocenters. The van der Waals surface area contributed by atoms with Crippen molar-refractivity contribution in [3.8, 4) is 5.75 Å². The van der Waals surface area contributed by atoms with Gasteiger partial charge in [-0.15, -0.1) is 0 Å². The van der Waals surface area contributed by atoms with E-state index in [9.17, 15) is 14.7 Å². The Morgan fingerprint density at radius 3 is 2.48 bits per heavy atom. The summed E-state index contributed by atoms with van der Waals surface area (Å²) < 4.78 is 5.18. The molecule has 0 unspecified atom stereocenters. The second kappa shape index (κ2) is 10.8. The number of benzene rings is 1. The third kappa shape index (κ3) is 5.62. The van der Waals surface area contributed by atoms with Crippen molar-refractivity contribution in [1.82, 2.24) is 16.0 Å². The number of amides is 3. The second-order valence-electron chi connectivity index (χ2n) is 10.2. The van der Waals surface area contributed by atoms with Gasteiger partial charge in [0.1, 0.15) is 5.75 Å². The zero-order chi connectivity index (χ0) is 24.2. The van der Waals surface area contributed by atoms with E-state index in [4.69, 9.17) is 4.74 Å². The van der Waals surface area contributed by atoms with E-state index >= 15 is 0 Å². The smallest absolute Gasteiger partial charge is 0.315 e. The van der Waals surface area contributed by atoms with Gasteiger partial charge < -0.3 is 25.8 Å². The van der Waals surface area contributed by atoms with Crippen LogP contribution in [0.25, 0.3) is 0 Å². The van der Waals surface area contributed by atoms with Crippen molar-refractivity contribution >= 4 is 11.9 Å². The molecule has 7 heteroatoms. The molecular formula is C26H41N3O4. The normalized spacial score (nSPS) is 32.2. The molecule has 1 aromatic carbocycles. The van der Waals surface area contributed by atoms with E-state index in [-0.39, 0.29) is 47.1 Å². The highest BCUT2D eigenvalue weighted by molar-refractivity contribution is 5.78. The Morgan fingerprint density at radius 1 is 1.18 bits per heavy atom. The number of rotatable bonds is 7. The van der Waals surface area contributed by atoms with Crippen molar-refractivity contribution in [2.75, 3.05) is 13.7 Å². The molecule has 0 radical (unpaired) electrons. The maximum Gasteiger partial charge on any atom is 0.315 e. The van der Waals surface area contributed by atoms with Crippen molar-refractivity contribution < 1.29 is 19.4 Å². The Kier molecular flexibility index (Phi) is 8.27. The fourth-order valence-electron chi connectivity index (χ4n) is 6.17. The Morgan fingerprint density at radius 2 is 1.85 bits per heavy atom. The molecule has 0 aromatic heterocycles. The van der Waals surface area contributed by atoms with Gasteiger partial charge in [-0.2, -0.15) is 0 Å². The molecule has 4 N–H and O–H groups in total. The predicted molar refractivity (Wildman–Crippen MR) is 129 cm³/mol. The lowest BCUT2D eigenvalue weighted by atomic mass is 9.52. The van der Waals surface area contributed by atoms with Crippen LogP contribution in [-0.2, 0) is 11.3 Å². The van der Waals surface area contributed by atoms with E-state index in [0.717, 1.165) is 37.0 Å². The predicted octanol–water partition coefficient (Wildman–Crippen LogP) is 3.46. The molecule has 184 valence electrons. The first kappa shape index (κ1) is 25.3. The van der Waals surface area contributed by atoms with Crippen LogP contribution in [0, 0.1) is 29.1 Å². The third-order valence-electron chi connectivity index (χ3n) is 8.22. The van der Waals surface area contributed by atoms with Crippen LogP contribution in [0.3, 0.4) is 0 Å². The highest BCUT2D eigenvalue weighted by atomic mass is 16.5. The summed E-state index contributed by atoms with van der Waals surface area (Å²) in [6.07, 6.45) is 3.15. The number of methoxy groups -OCH3 is 1. The number of hydrogen-bond donors (Lipinski definition) is 4. The maximum absolute atomic E-state index is 13.0. The quantitative estimate of drug-likeness (QED) is 0.502. The monoisotopic (exact) mass is 459 g/mol. The first-order valence-electron chi connectivity index (χ1n) is 12.3. The molecule has 2 saturated carbocycles. The molecule has 0 saturated heterocycles. The van der Waals surface area contributed by atoms with Gasteiger partial charge in [0, 0.05) is 25.0 Å². The van der Waals surface area contributed by atoms with Gasteiger partial charge in [-0.25, -0.2) is 4.79 Å². The van der Waals surface area contributed by atoms with Crippen LogP contribution in [0.4, 0.5) is 4.79 Å². The Labute approximate surface area is 198 Å². The van der Waals surface area contributed by atoms with Crippen LogP contribution >= 0.6 is 0 Å². The summed E-state index contributed by atoms with van der Waals surface area (Å²) in [4.78, 5) is 25.1. The average molecular weight is 460 g/mol. The van der Waals surface area contributed by atoms with Gasteiger partial charge in [0.05, 0.1) is 13.2 Å². The van der Waals surface area contributed by atoms with Gasteiger partial charge in [-0.1, -0.05) is 32.9 Å². The van der Waals surface area contributed by atoms with Gasteiger partial charge in [0.25, 0.3) is 0 Å². The number of carbonyl (C=O) groups excluding carboxylic acids is 2. The molecule has 0 spiro atoms. The molecule has 1 aromatic rings. The molecule has 3 rings (SSSR count). The highest BCUT2D eigenvalue weighted by Crippen LogP contribution is 2.55. The lowest BCUT2D eigenvalue weighted by molar-refractivity contribution is -0.142. The number of hydrogen-bond acceptors (Lipinski definition) is 4. The standard InChI is InChI=1S/C26H41N3O4/c1-6-27-25(32)29-21-12-14-26(4)13-11-20(23(30)22(26)17(21)3)16(2)24(31)28-15-18-7-9-19(33-5)10-8-18/h7-10,16-17,20-23,30H,6,11-15H2,1-5H3,(H,28,31)(H2,27,29,32)/t16-,17+,20-,21+,22+,23-,26+/m0/s1. The lowest BCUT2D eigenvalue weighted by Gasteiger charge is -2.56. The number of nitrogens with one attached hydrogen (secondary N) is 3. The molecule has 0 aliphatic heterocycles. The Bertz CT molecular complexity index is 814. The number of ether oxygens (including phenoxy) is 1. The average Bonchev–Trinajstić information content (AvgIpc) is 2.79. The molecule has 0 heterocycles. The SMILES string of the molecule is CCNC(=O)N[C@@H]1CC[C@@]2(C)CC[C@@H]([C@H](C)C(=O)NCc3ccc(OC)cc3)[C@H](O)[C@H]2[C@@H]1C. The van der Waals surface area contributed by atoms with E-state index in [1.165, 1.54) is 0 Å². The van der Waals surface area contributed by atoms with E-state index < -0.39 is 6.10 Å². The number of aliphatic hydroxyl groups excluding tert-OH is 1. The van der Waals surface area contributed by atoms with E-state index in [0.29, 0.717) is 13.1 Å². The van der Waals surface area contributed by atoms with Gasteiger partial charge in [0.2, 0.25) is 5.91 Å². The van der Waals surface area contributed by atoms with E-state index in [1.807, 2.05) is 38.1 Å². The molecule has 2 aliphatic carbocycles. The summed E-state index contributed by atoms with van der Waals surface area (Å²) in [6, 6.07) is 7.53. The minimum atomic E-state index is -0.570. The summed E-state index contributed by atoms with van der Waals surface area (Å²) >= 11 is 0. The molecule has 7 nitrogen and oxygen atoms in total. The number of urea groups is 1. The lowest BCUT2D eigenvalue weighted by Crippen LogP contribution is -2.59. The number of carbonyl (C=O) groups is 2. The topological polar surface area (TPSA) is 99.7 Å². The van der Waals surface area contributed by atoms with Gasteiger partial charge in [-0.05, 0) is 73.5 Å². The van der Waals surface area contributed by atoms with E-state index in [2.05, 4.69) is 29.8 Å². The minimum Gasteiger partial charge on any atom is -0.497 e. The van der Waals surface area contributed by atoms with Gasteiger partial charge in [0.15, 0.2) is 0 Å². The molecule has 3 amide bonds. The molecule has 2 aliphatic rings. The van der Waals surface area contributed by atoms with Crippen LogP contribution in [0.2, 0.25) is 0 Å². The summed E-state index contributed by atoms with van der Waals surface area (Å²) in [6.45, 7) is 9.27. The van der Waals surface area contributed by atoms with Crippen molar-refractivity contribution in [3.63, 3.8) is 0 Å². The minimum absolute atomic E-state index is 0.0288. The summed E-state index contributed by atoms with van der Waals surface area (Å²) in [5.41, 5.74) is 1.04. The third-order valence-corrected chi connectivity index (χ3v) is 8.22. The van der Waals surface area contributed by atoms with Crippen LogP contribution in [0.5, 0.6) is 5.75 Å². The Balaban J connectivity index is 1.64. The van der Waals surface area contributed by atoms with Crippen LogP contribution in [0.1, 0.15) is 58.9 Å². The zero-order valence-corrected chi connectivity index (χ0v) is 20.7. The zero-order valence-electron chi connectivity index (χ0n) is 20.7.